The van der Waals surface area contributed by atoms with E-state index in [4.69, 9.17) is 15.2 Å². The van der Waals surface area contributed by atoms with Gasteiger partial charge in [-0.05, 0) is 18.2 Å². The summed E-state index contributed by atoms with van der Waals surface area (Å²) in [7, 11) is 5.37. The summed E-state index contributed by atoms with van der Waals surface area (Å²) < 4.78 is 10.9. The van der Waals surface area contributed by atoms with Gasteiger partial charge >= 0.3 is 0 Å². The Labute approximate surface area is 126 Å². The first kappa shape index (κ1) is 15.2. The fourth-order valence-electron chi connectivity index (χ4n) is 2.52. The van der Waals surface area contributed by atoms with Crippen LogP contribution in [0.25, 0.3) is 0 Å². The van der Waals surface area contributed by atoms with Crippen LogP contribution < -0.4 is 20.1 Å². The number of rotatable bonds is 6. The highest BCUT2D eigenvalue weighted by Gasteiger charge is 2.21. The third-order valence-electron chi connectivity index (χ3n) is 3.65. The van der Waals surface area contributed by atoms with E-state index in [-0.39, 0.29) is 6.04 Å². The van der Waals surface area contributed by atoms with E-state index in [0.717, 1.165) is 22.7 Å². The van der Waals surface area contributed by atoms with E-state index in [2.05, 4.69) is 4.90 Å². The van der Waals surface area contributed by atoms with Crippen LogP contribution in [0.5, 0.6) is 11.5 Å². The molecule has 0 saturated heterocycles. The Bertz CT molecular complexity index is 587. The molecule has 0 bridgehead atoms. The number of para-hydroxylation sites is 3. The smallest absolute Gasteiger partial charge is 0.142 e. The number of hydrogen-bond donors (Lipinski definition) is 1. The molecule has 0 aromatic heterocycles. The quantitative estimate of drug-likeness (QED) is 0.887. The fourth-order valence-corrected chi connectivity index (χ4v) is 2.52. The second-order valence-corrected chi connectivity index (χ2v) is 4.78. The van der Waals surface area contributed by atoms with Crippen LogP contribution in [0.2, 0.25) is 0 Å². The van der Waals surface area contributed by atoms with Gasteiger partial charge in [0.1, 0.15) is 11.5 Å². The van der Waals surface area contributed by atoms with Crippen molar-refractivity contribution < 1.29 is 9.47 Å². The normalized spacial score (nSPS) is 11.8. The Morgan fingerprint density at radius 2 is 1.52 bits per heavy atom. The average molecular weight is 286 g/mol. The molecule has 4 heteroatoms. The highest BCUT2D eigenvalue weighted by atomic mass is 16.5. The first-order valence-electron chi connectivity index (χ1n) is 6.91. The maximum atomic E-state index is 6.02. The minimum absolute atomic E-state index is 0.0115. The largest absolute Gasteiger partial charge is 0.496 e. The molecular weight excluding hydrogens is 264 g/mol. The molecular formula is C17H22N2O2. The van der Waals surface area contributed by atoms with Crippen molar-refractivity contribution in [1.29, 1.82) is 0 Å². The lowest BCUT2D eigenvalue weighted by Gasteiger charge is -2.31. The number of anilines is 1. The van der Waals surface area contributed by atoms with Gasteiger partial charge in [-0.25, -0.2) is 0 Å². The van der Waals surface area contributed by atoms with E-state index in [1.165, 1.54) is 0 Å². The number of methoxy groups -OCH3 is 2. The second kappa shape index (κ2) is 6.99. The molecule has 2 N–H and O–H groups in total. The van der Waals surface area contributed by atoms with Crippen LogP contribution in [-0.2, 0) is 0 Å². The van der Waals surface area contributed by atoms with E-state index in [9.17, 15) is 0 Å². The Hall–Kier alpha value is -2.20. The standard InChI is InChI=1S/C17H22N2O2/c1-19(14-9-5-7-11-17(14)21-3)15(12-18)13-8-4-6-10-16(13)20-2/h4-11,15H,12,18H2,1-3H3. The van der Waals surface area contributed by atoms with Gasteiger partial charge < -0.3 is 20.1 Å². The molecule has 0 fully saturated rings. The number of likely N-dealkylation sites (N-methyl/N-ethyl adjacent to an activating group) is 1. The van der Waals surface area contributed by atoms with Crippen LogP contribution in [0.1, 0.15) is 11.6 Å². The van der Waals surface area contributed by atoms with E-state index in [1.807, 2.05) is 55.6 Å². The molecule has 2 aromatic rings. The number of hydrogen-bond acceptors (Lipinski definition) is 4. The number of ether oxygens (including phenoxy) is 2. The van der Waals surface area contributed by atoms with Crippen molar-refractivity contribution in [3.05, 3.63) is 54.1 Å². The van der Waals surface area contributed by atoms with Gasteiger partial charge in [0.2, 0.25) is 0 Å². The Morgan fingerprint density at radius 3 is 2.14 bits per heavy atom. The molecule has 1 atom stereocenters. The summed E-state index contributed by atoms with van der Waals surface area (Å²) >= 11 is 0. The molecule has 112 valence electrons. The zero-order valence-electron chi connectivity index (χ0n) is 12.7. The maximum absolute atomic E-state index is 6.02. The zero-order chi connectivity index (χ0) is 15.2. The number of nitrogens with two attached hydrogens (primary N) is 1. The SMILES string of the molecule is COc1ccccc1C(CN)N(C)c1ccccc1OC. The summed E-state index contributed by atoms with van der Waals surface area (Å²) in [5.74, 6) is 1.67. The summed E-state index contributed by atoms with van der Waals surface area (Å²) in [6.45, 7) is 0.481. The molecule has 1 unspecified atom stereocenters. The van der Waals surface area contributed by atoms with Crippen LogP contribution in [0, 0.1) is 0 Å². The lowest BCUT2D eigenvalue weighted by atomic mass is 10.0. The monoisotopic (exact) mass is 286 g/mol. The molecule has 0 amide bonds. The van der Waals surface area contributed by atoms with Crippen LogP contribution in [0.15, 0.2) is 48.5 Å². The Kier molecular flexibility index (Phi) is 5.06. The van der Waals surface area contributed by atoms with Crippen molar-refractivity contribution in [2.45, 2.75) is 6.04 Å². The first-order valence-corrected chi connectivity index (χ1v) is 6.91. The van der Waals surface area contributed by atoms with Gasteiger partial charge in [0.05, 0.1) is 25.9 Å². The minimum Gasteiger partial charge on any atom is -0.496 e. The van der Waals surface area contributed by atoms with Gasteiger partial charge in [-0.15, -0.1) is 0 Å². The summed E-state index contributed by atoms with van der Waals surface area (Å²) in [6, 6.07) is 15.9. The summed E-state index contributed by atoms with van der Waals surface area (Å²) in [5, 5.41) is 0. The lowest BCUT2D eigenvalue weighted by molar-refractivity contribution is 0.402. The van der Waals surface area contributed by atoms with Crippen molar-refractivity contribution in [3.8, 4) is 11.5 Å². The van der Waals surface area contributed by atoms with Gasteiger partial charge in [-0.3, -0.25) is 0 Å². The van der Waals surface area contributed by atoms with Gasteiger partial charge in [-0.1, -0.05) is 30.3 Å². The summed E-state index contributed by atoms with van der Waals surface area (Å²) in [4.78, 5) is 2.12. The van der Waals surface area contributed by atoms with Crippen LogP contribution in [0.3, 0.4) is 0 Å². The molecule has 2 aromatic carbocycles. The number of benzene rings is 2. The third kappa shape index (κ3) is 3.11. The highest BCUT2D eigenvalue weighted by Crippen LogP contribution is 2.35. The van der Waals surface area contributed by atoms with E-state index < -0.39 is 0 Å². The Balaban J connectivity index is 2.41. The van der Waals surface area contributed by atoms with Crippen molar-refractivity contribution in [1.82, 2.24) is 0 Å². The van der Waals surface area contributed by atoms with E-state index in [0.29, 0.717) is 6.54 Å². The van der Waals surface area contributed by atoms with Crippen molar-refractivity contribution >= 4 is 5.69 Å². The number of nitrogens with zero attached hydrogens (tertiary/aromatic N) is 1. The second-order valence-electron chi connectivity index (χ2n) is 4.78. The molecule has 0 radical (unpaired) electrons. The van der Waals surface area contributed by atoms with Crippen molar-refractivity contribution in [2.75, 3.05) is 32.7 Å². The average Bonchev–Trinajstić information content (AvgIpc) is 2.55. The van der Waals surface area contributed by atoms with Gasteiger partial charge in [0.15, 0.2) is 0 Å². The van der Waals surface area contributed by atoms with Crippen LogP contribution in [0.4, 0.5) is 5.69 Å². The van der Waals surface area contributed by atoms with Crippen LogP contribution in [-0.4, -0.2) is 27.8 Å². The molecule has 0 aliphatic heterocycles. The van der Waals surface area contributed by atoms with Crippen molar-refractivity contribution in [2.24, 2.45) is 5.73 Å². The summed E-state index contributed by atoms with van der Waals surface area (Å²) in [6.07, 6.45) is 0. The predicted molar refractivity (Wildman–Crippen MR) is 86.2 cm³/mol. The molecule has 2 rings (SSSR count). The van der Waals surface area contributed by atoms with E-state index >= 15 is 0 Å². The maximum Gasteiger partial charge on any atom is 0.142 e. The molecule has 0 saturated carbocycles. The van der Waals surface area contributed by atoms with Gasteiger partial charge in [0.25, 0.3) is 0 Å². The molecule has 0 aliphatic carbocycles. The van der Waals surface area contributed by atoms with E-state index in [1.54, 1.807) is 14.2 Å². The summed E-state index contributed by atoms with van der Waals surface area (Å²) in [5.41, 5.74) is 8.09. The molecule has 0 spiro atoms. The molecule has 21 heavy (non-hydrogen) atoms. The van der Waals surface area contributed by atoms with Crippen molar-refractivity contribution in [3.63, 3.8) is 0 Å². The topological polar surface area (TPSA) is 47.7 Å². The lowest BCUT2D eigenvalue weighted by Crippen LogP contribution is -2.31. The third-order valence-corrected chi connectivity index (χ3v) is 3.65. The minimum atomic E-state index is 0.0115. The molecule has 0 heterocycles. The highest BCUT2D eigenvalue weighted by molar-refractivity contribution is 5.60. The molecule has 0 aliphatic rings. The molecule has 4 nitrogen and oxygen atoms in total. The van der Waals surface area contributed by atoms with Gasteiger partial charge in [-0.2, -0.15) is 0 Å². The Morgan fingerprint density at radius 1 is 0.952 bits per heavy atom. The predicted octanol–water partition coefficient (Wildman–Crippen LogP) is 2.84. The first-order chi connectivity index (χ1) is 10.2. The van der Waals surface area contributed by atoms with Gasteiger partial charge in [0, 0.05) is 19.2 Å². The zero-order valence-corrected chi connectivity index (χ0v) is 12.7. The fraction of sp³-hybridized carbons (Fsp3) is 0.294. The van der Waals surface area contributed by atoms with Crippen LogP contribution >= 0.6 is 0 Å².